The Morgan fingerprint density at radius 3 is 1.93 bits per heavy atom. The molecule has 5 heterocycles. The van der Waals surface area contributed by atoms with E-state index in [1.807, 2.05) is 24.3 Å². The van der Waals surface area contributed by atoms with Crippen LogP contribution in [0.3, 0.4) is 0 Å². The molecule has 0 saturated carbocycles. The largest absolute Gasteiger partial charge is 0.508 e. The zero-order chi connectivity index (χ0) is 75.2. The van der Waals surface area contributed by atoms with Gasteiger partial charge in [0.25, 0.3) is 0 Å². The van der Waals surface area contributed by atoms with E-state index in [0.717, 1.165) is 35.8 Å². The highest BCUT2D eigenvalue weighted by atomic mass is 32.2. The number of rotatable bonds is 23. The SMILES string of the molecule is C[C@@H](O)[C@@H]1NC(=O)[C@H](CCCCN)NC(=O)[C@@H](Cc2c[nH]c3ccccc23)NC(=O)[C@H](Cc2ccncc2)NC(=O)[C@H](Cc2ccccc2)NC(=O)[C@H](CCCN=C(N)N)NC(=O)[C@H](NCCS(=O)C[C@@H]2C[C@@H]3c4cccc5[nH]cc(c45)C[C@H]3N(C)C2)CCCCCC(=O)[C@H](Cc2ccc(O)cc2)NC1=O. The van der Waals surface area contributed by atoms with E-state index in [0.29, 0.717) is 66.2 Å². The summed E-state index contributed by atoms with van der Waals surface area (Å²) in [5.74, 6) is -5.06. The van der Waals surface area contributed by atoms with Crippen LogP contribution in [0.1, 0.15) is 117 Å². The second-order valence-electron chi connectivity index (χ2n) is 28.4. The zero-order valence-electron chi connectivity index (χ0n) is 60.2. The van der Waals surface area contributed by atoms with Crippen LogP contribution in [0.2, 0.25) is 0 Å². The van der Waals surface area contributed by atoms with Crippen molar-refractivity contribution in [2.75, 3.05) is 44.7 Å². The number of pyridine rings is 1. The number of carbonyl (C=O) groups excluding carboxylic acids is 8. The number of likely N-dealkylation sites (tertiary alicyclic amines) is 1. The highest BCUT2D eigenvalue weighted by molar-refractivity contribution is 7.85. The van der Waals surface area contributed by atoms with Crippen molar-refractivity contribution in [3.05, 3.63) is 167 Å². The van der Waals surface area contributed by atoms with Crippen LogP contribution in [0.4, 0.5) is 0 Å². The Kier molecular flexibility index (Phi) is 28.5. The summed E-state index contributed by atoms with van der Waals surface area (Å²) in [6.45, 7) is 2.56. The van der Waals surface area contributed by atoms with Crippen molar-refractivity contribution in [1.82, 2.24) is 62.4 Å². The number of hydrogen-bond acceptors (Lipinski definition) is 16. The maximum atomic E-state index is 15.3. The van der Waals surface area contributed by atoms with Crippen LogP contribution in [0.5, 0.6) is 5.75 Å². The minimum Gasteiger partial charge on any atom is -0.508 e. The number of Topliss-reactive ketones (excluding diaryl/α,β-unsaturated/α-hetero) is 1. The molecular formula is C78H102N16O11S. The number of phenols is 1. The number of H-pyrrole nitrogens is 2. The Bertz CT molecular complexity index is 4190. The number of nitrogens with one attached hydrogen (secondary N) is 10. The number of guanidine groups is 1. The first kappa shape index (κ1) is 78.7. The quantitative estimate of drug-likeness (QED) is 0.0249. The molecular weight excluding hydrogens is 1370 g/mol. The van der Waals surface area contributed by atoms with Gasteiger partial charge in [0.2, 0.25) is 41.4 Å². The second kappa shape index (κ2) is 38.4. The number of aliphatic hydroxyl groups is 1. The van der Waals surface area contributed by atoms with Crippen molar-refractivity contribution in [2.45, 2.75) is 176 Å². The first-order chi connectivity index (χ1) is 51.2. The summed E-state index contributed by atoms with van der Waals surface area (Å²) < 4.78 is 14.3. The van der Waals surface area contributed by atoms with E-state index < -0.39 is 107 Å². The lowest BCUT2D eigenvalue weighted by atomic mass is 9.73. The third kappa shape index (κ3) is 21.9. The average Bonchev–Trinajstić information content (AvgIpc) is 1.51. The molecule has 0 bridgehead atoms. The molecule has 18 N–H and O–H groups in total. The van der Waals surface area contributed by atoms with Gasteiger partial charge in [0.05, 0.1) is 18.2 Å². The Balaban J connectivity index is 0.966. The number of para-hydroxylation sites is 1. The van der Waals surface area contributed by atoms with E-state index in [9.17, 15) is 28.8 Å². The molecule has 7 aromatic rings. The molecule has 106 heavy (non-hydrogen) atoms. The highest BCUT2D eigenvalue weighted by Gasteiger charge is 2.41. The maximum absolute atomic E-state index is 15.3. The Labute approximate surface area is 619 Å². The molecule has 28 heteroatoms. The minimum absolute atomic E-state index is 0.000201. The number of carbonyl (C=O) groups is 8. The normalized spacial score (nSPS) is 24.4. The number of fused-ring (bicyclic) bond motifs is 3. The minimum atomic E-state index is -1.66. The number of hydrogen-bond donors (Lipinski definition) is 15. The molecule has 566 valence electrons. The van der Waals surface area contributed by atoms with Crippen molar-refractivity contribution in [3.8, 4) is 5.75 Å². The van der Waals surface area contributed by atoms with E-state index in [1.54, 1.807) is 60.8 Å². The lowest BCUT2D eigenvalue weighted by Crippen LogP contribution is -2.61. The van der Waals surface area contributed by atoms with Gasteiger partial charge in [-0.05, 0) is 160 Å². The summed E-state index contributed by atoms with van der Waals surface area (Å²) in [6.07, 6.45) is 8.88. The zero-order valence-corrected chi connectivity index (χ0v) is 61.1. The Morgan fingerprint density at radius 1 is 0.642 bits per heavy atom. The van der Waals surface area contributed by atoms with Crippen molar-refractivity contribution < 1.29 is 52.8 Å². The number of amides is 7. The van der Waals surface area contributed by atoms with Gasteiger partial charge in [0.15, 0.2) is 11.7 Å². The fourth-order valence-electron chi connectivity index (χ4n) is 14.9. The van der Waals surface area contributed by atoms with Crippen LogP contribution in [0.15, 0.2) is 139 Å². The maximum Gasteiger partial charge on any atom is 0.245 e. The molecule has 0 spiro atoms. The van der Waals surface area contributed by atoms with Gasteiger partial charge in [0, 0.05) is 126 Å². The fraction of sp³-hybridized carbons (Fsp3) is 0.462. The van der Waals surface area contributed by atoms with Gasteiger partial charge < -0.3 is 84.8 Å². The molecule has 27 nitrogen and oxygen atoms in total. The van der Waals surface area contributed by atoms with Crippen molar-refractivity contribution in [2.24, 2.45) is 28.1 Å². The molecule has 0 radical (unpaired) electrons. The molecule has 4 aromatic carbocycles. The monoisotopic (exact) mass is 1470 g/mol. The molecule has 3 aliphatic rings. The topological polar surface area (TPSA) is 428 Å². The molecule has 7 amide bonds. The van der Waals surface area contributed by atoms with Crippen LogP contribution in [0.25, 0.3) is 21.8 Å². The predicted molar refractivity (Wildman–Crippen MR) is 407 cm³/mol. The van der Waals surface area contributed by atoms with Crippen molar-refractivity contribution in [3.63, 3.8) is 0 Å². The van der Waals surface area contributed by atoms with Gasteiger partial charge in [-0.25, -0.2) is 0 Å². The van der Waals surface area contributed by atoms with Crippen LogP contribution < -0.4 is 59.7 Å². The summed E-state index contributed by atoms with van der Waals surface area (Å²) in [5, 5.41) is 46.8. The fourth-order valence-corrected chi connectivity index (χ4v) is 16.2. The number of nitrogens with zero attached hydrogens (tertiary/aromatic N) is 3. The number of aromatic hydroxyl groups is 1. The number of aromatic nitrogens is 3. The van der Waals surface area contributed by atoms with Gasteiger partial charge in [-0.3, -0.25) is 52.5 Å². The summed E-state index contributed by atoms with van der Waals surface area (Å²) in [6, 6.07) is 21.6. The molecule has 1 aliphatic carbocycles. The van der Waals surface area contributed by atoms with Crippen molar-refractivity contribution in [1.29, 1.82) is 0 Å². The molecule has 13 atom stereocenters. The molecule has 2 fully saturated rings. The number of aliphatic imine (C=N–C) groups is 1. The Hall–Kier alpha value is -9.87. The number of benzene rings is 4. The van der Waals surface area contributed by atoms with Crippen LogP contribution in [-0.2, 0) is 81.3 Å². The molecule has 2 aliphatic heterocycles. The first-order valence-electron chi connectivity index (χ1n) is 36.9. The number of phenolic OH excluding ortho intramolecular Hbond substituents is 1. The van der Waals surface area contributed by atoms with E-state index in [2.05, 4.69) is 98.8 Å². The molecule has 3 aromatic heterocycles. The van der Waals surface area contributed by atoms with Gasteiger partial charge in [0.1, 0.15) is 42.0 Å². The van der Waals surface area contributed by atoms with Gasteiger partial charge in [-0.1, -0.05) is 85.6 Å². The third-order valence-corrected chi connectivity index (χ3v) is 22.0. The van der Waals surface area contributed by atoms with Crippen LogP contribution in [-0.4, -0.2) is 193 Å². The number of unbranched alkanes of at least 4 members (excludes halogenated alkanes) is 1. The Morgan fingerprint density at radius 2 is 1.24 bits per heavy atom. The second-order valence-corrected chi connectivity index (χ2v) is 30.0. The van der Waals surface area contributed by atoms with E-state index in [4.69, 9.17) is 17.2 Å². The lowest BCUT2D eigenvalue weighted by Gasteiger charge is -2.45. The van der Waals surface area contributed by atoms with Gasteiger partial charge >= 0.3 is 0 Å². The van der Waals surface area contributed by atoms with Crippen LogP contribution >= 0.6 is 0 Å². The lowest BCUT2D eigenvalue weighted by molar-refractivity contribution is -0.136. The number of nitrogens with two attached hydrogens (primary N) is 3. The summed E-state index contributed by atoms with van der Waals surface area (Å²) in [4.78, 5) is 137. The third-order valence-electron chi connectivity index (χ3n) is 20.5. The van der Waals surface area contributed by atoms with Gasteiger partial charge in [-0.2, -0.15) is 0 Å². The molecule has 10 rings (SSSR count). The summed E-state index contributed by atoms with van der Waals surface area (Å²) >= 11 is 0. The molecule has 2 saturated heterocycles. The van der Waals surface area contributed by atoms with Gasteiger partial charge in [-0.15, -0.1) is 0 Å². The average molecular weight is 1470 g/mol. The number of likely N-dealkylation sites (N-methyl/N-ethyl adjacent to an activating group) is 1. The molecule has 1 unspecified atom stereocenters. The number of ketones is 1. The van der Waals surface area contributed by atoms with Crippen molar-refractivity contribution >= 4 is 85.7 Å². The predicted octanol–water partition coefficient (Wildman–Crippen LogP) is 2.88. The summed E-state index contributed by atoms with van der Waals surface area (Å²) in [7, 11) is 0.822. The number of aliphatic hydroxyl groups excluding tert-OH is 1. The first-order valence-corrected chi connectivity index (χ1v) is 38.4. The number of piperidine rings is 1. The van der Waals surface area contributed by atoms with E-state index in [-0.39, 0.29) is 113 Å². The van der Waals surface area contributed by atoms with E-state index >= 15 is 24.0 Å². The van der Waals surface area contributed by atoms with E-state index in [1.165, 1.54) is 48.0 Å². The number of aromatic amines is 2. The van der Waals surface area contributed by atoms with Crippen LogP contribution in [0, 0.1) is 5.92 Å². The summed E-state index contributed by atoms with van der Waals surface area (Å²) in [5.41, 5.74) is 24.3. The smallest absolute Gasteiger partial charge is 0.245 e. The standard InChI is InChI=1S/C78H102N16O11S/c1-47(95)70-77(104)89-63(38-49-25-27-54(96)28-26-49)68(97)24-8-4-7-20-60(83-35-36-106(105)46-51-37-57-56-18-13-22-59-69(56)53(44-86-59)42-67(57)94(2)45-51)71(98)87-62(23-14-32-84-78(80)81)72(99)90-64(39-48-15-5-3-6-16-48)74(101)91-65(40-50-29-33-82-34-30-50)75(102)92-66(41-52-43-85-58-19-10-9-17-55(52)58)76(103)88-61(73(100)93-70)21-11-12-31-79/h3,5-6,9-10,13,15-19,22,25-30,33-34,43-44,47,51,57,60-67,70,83,85-86,95-96H,4,7-8,11-12,14,20-21,23-24,31-32,35-42,45-46,79H2,1-2H3,(H,87,98)(H,88,103)(H,89,104)(H,90,99)(H,91,101)(H,92,102)(H,93,100)(H4,80,81,84)/t47-,51-,57-,60-,61+,62+,63+,64+,65+,66-,67-,70+,106?/m1/s1. The highest BCUT2D eigenvalue weighted by Crippen LogP contribution is 2.44.